The van der Waals surface area contributed by atoms with Gasteiger partial charge in [-0.3, -0.25) is 19.1 Å². The number of esters is 1. The minimum absolute atomic E-state index is 0.146. The minimum Gasteiger partial charge on any atom is -0.479 e. The number of carbonyl (C=O) groups is 3. The minimum atomic E-state index is -0.433. The van der Waals surface area contributed by atoms with E-state index in [0.29, 0.717) is 26.1 Å². The second-order valence-corrected chi connectivity index (χ2v) is 5.84. The lowest BCUT2D eigenvalue weighted by molar-refractivity contribution is -0.151. The number of amides is 2. The van der Waals surface area contributed by atoms with E-state index in [1.165, 1.54) is 18.0 Å². The monoisotopic (exact) mass is 352 g/mol. The van der Waals surface area contributed by atoms with Crippen LogP contribution in [0.2, 0.25) is 0 Å². The number of nitrogens with zero attached hydrogens (tertiary/aromatic N) is 3. The summed E-state index contributed by atoms with van der Waals surface area (Å²) in [5, 5.41) is 6.57. The zero-order chi connectivity index (χ0) is 18.4. The maximum absolute atomic E-state index is 12.3. The maximum atomic E-state index is 12.3. The fraction of sp³-hybridized carbons (Fsp3) is 0.625. The lowest BCUT2D eigenvalue weighted by Crippen LogP contribution is -2.46. The summed E-state index contributed by atoms with van der Waals surface area (Å²) >= 11 is 0. The highest BCUT2D eigenvalue weighted by Crippen LogP contribution is 2.18. The van der Waals surface area contributed by atoms with Crippen LogP contribution in [-0.4, -0.2) is 65.8 Å². The Labute approximate surface area is 146 Å². The van der Waals surface area contributed by atoms with Crippen LogP contribution in [0.15, 0.2) is 6.20 Å². The van der Waals surface area contributed by atoms with E-state index in [2.05, 4.69) is 10.4 Å². The summed E-state index contributed by atoms with van der Waals surface area (Å²) in [6, 6.07) is 0. The quantitative estimate of drug-likeness (QED) is 0.721. The van der Waals surface area contributed by atoms with Gasteiger partial charge in [-0.2, -0.15) is 0 Å². The van der Waals surface area contributed by atoms with Gasteiger partial charge in [-0.1, -0.05) is 0 Å². The molecule has 9 heteroatoms. The molecule has 0 bridgehead atoms. The Morgan fingerprint density at radius 1 is 1.40 bits per heavy atom. The van der Waals surface area contributed by atoms with Crippen LogP contribution in [-0.2, 0) is 21.4 Å². The molecule has 1 aromatic heterocycles. The summed E-state index contributed by atoms with van der Waals surface area (Å²) in [5.41, 5.74) is 0.265. The Balaban J connectivity index is 1.89. The first-order chi connectivity index (χ1) is 12.0. The summed E-state index contributed by atoms with van der Waals surface area (Å²) in [4.78, 5) is 37.9. The van der Waals surface area contributed by atoms with Gasteiger partial charge in [-0.05, 0) is 19.8 Å². The van der Waals surface area contributed by atoms with Crippen LogP contribution in [0.4, 0.5) is 0 Å². The van der Waals surface area contributed by atoms with Gasteiger partial charge in [0.15, 0.2) is 0 Å². The van der Waals surface area contributed by atoms with Crippen molar-refractivity contribution in [1.82, 2.24) is 20.0 Å². The van der Waals surface area contributed by atoms with Crippen LogP contribution in [0.25, 0.3) is 0 Å². The Morgan fingerprint density at radius 3 is 2.84 bits per heavy atom. The molecule has 25 heavy (non-hydrogen) atoms. The maximum Gasteiger partial charge on any atom is 0.310 e. The highest BCUT2D eigenvalue weighted by Gasteiger charge is 2.29. The Morgan fingerprint density at radius 2 is 2.16 bits per heavy atom. The molecule has 0 spiro atoms. The normalized spacial score (nSPS) is 17.1. The lowest BCUT2D eigenvalue weighted by Gasteiger charge is -2.31. The molecule has 138 valence electrons. The van der Waals surface area contributed by atoms with Crippen molar-refractivity contribution >= 4 is 17.8 Å². The van der Waals surface area contributed by atoms with Crippen LogP contribution < -0.4 is 10.1 Å². The van der Waals surface area contributed by atoms with Gasteiger partial charge in [0.05, 0.1) is 26.2 Å². The predicted octanol–water partition coefficient (Wildman–Crippen LogP) is -0.0398. The molecule has 1 N–H and O–H groups in total. The first kappa shape index (κ1) is 18.8. The lowest BCUT2D eigenvalue weighted by atomic mass is 9.98. The Hall–Kier alpha value is -2.58. The van der Waals surface area contributed by atoms with Crippen molar-refractivity contribution in [3.63, 3.8) is 0 Å². The number of aromatic nitrogens is 2. The summed E-state index contributed by atoms with van der Waals surface area (Å²) in [5.74, 6) is -1.04. The van der Waals surface area contributed by atoms with Gasteiger partial charge < -0.3 is 19.7 Å². The standard InChI is InChI=1S/C16H24N4O5/c1-4-25-16(23)11-6-5-7-20(9-11)13(21)8-17-14(22)12-10-19(2)18-15(12)24-3/h10-11H,4-9H2,1-3H3,(H,17,22). The van der Waals surface area contributed by atoms with E-state index in [1.807, 2.05) is 0 Å². The molecular weight excluding hydrogens is 328 g/mol. The van der Waals surface area contributed by atoms with Crippen LogP contribution in [0.1, 0.15) is 30.1 Å². The van der Waals surface area contributed by atoms with Gasteiger partial charge in [0.1, 0.15) is 5.56 Å². The molecule has 2 rings (SSSR count). The molecule has 2 heterocycles. The summed E-state index contributed by atoms with van der Waals surface area (Å²) in [6.45, 7) is 2.83. The predicted molar refractivity (Wildman–Crippen MR) is 88.0 cm³/mol. The number of carbonyl (C=O) groups excluding carboxylic acids is 3. The van der Waals surface area contributed by atoms with Crippen molar-refractivity contribution in [2.75, 3.05) is 33.4 Å². The van der Waals surface area contributed by atoms with Crippen LogP contribution in [0.3, 0.4) is 0 Å². The zero-order valence-electron chi connectivity index (χ0n) is 14.8. The molecule has 1 aliphatic rings. The van der Waals surface area contributed by atoms with E-state index < -0.39 is 5.91 Å². The van der Waals surface area contributed by atoms with Crippen molar-refractivity contribution in [3.05, 3.63) is 11.8 Å². The molecular formula is C16H24N4O5. The number of methoxy groups -OCH3 is 1. The Kier molecular flexibility index (Phi) is 6.37. The molecule has 9 nitrogen and oxygen atoms in total. The molecule has 2 amide bonds. The van der Waals surface area contributed by atoms with Gasteiger partial charge in [0.25, 0.3) is 5.91 Å². The third-order valence-electron chi connectivity index (χ3n) is 4.03. The van der Waals surface area contributed by atoms with Crippen molar-refractivity contribution in [2.45, 2.75) is 19.8 Å². The van der Waals surface area contributed by atoms with E-state index in [9.17, 15) is 14.4 Å². The second kappa shape index (κ2) is 8.50. The van der Waals surface area contributed by atoms with Crippen LogP contribution >= 0.6 is 0 Å². The van der Waals surface area contributed by atoms with Crippen LogP contribution in [0.5, 0.6) is 5.88 Å². The number of likely N-dealkylation sites (tertiary alicyclic amines) is 1. The number of aryl methyl sites for hydroxylation is 1. The molecule has 1 aromatic rings. The average molecular weight is 352 g/mol. The zero-order valence-corrected chi connectivity index (χ0v) is 14.8. The average Bonchev–Trinajstić information content (AvgIpc) is 3.00. The van der Waals surface area contributed by atoms with E-state index in [-0.39, 0.29) is 35.8 Å². The van der Waals surface area contributed by atoms with Crippen molar-refractivity contribution < 1.29 is 23.9 Å². The van der Waals surface area contributed by atoms with Crippen molar-refractivity contribution in [3.8, 4) is 5.88 Å². The third-order valence-corrected chi connectivity index (χ3v) is 4.03. The first-order valence-corrected chi connectivity index (χ1v) is 8.26. The van der Waals surface area contributed by atoms with Gasteiger partial charge in [0.2, 0.25) is 11.8 Å². The topological polar surface area (TPSA) is 103 Å². The Bertz CT molecular complexity index is 642. The van der Waals surface area contributed by atoms with Crippen molar-refractivity contribution in [2.24, 2.45) is 13.0 Å². The second-order valence-electron chi connectivity index (χ2n) is 5.84. The fourth-order valence-electron chi connectivity index (χ4n) is 2.79. The van der Waals surface area contributed by atoms with Gasteiger partial charge >= 0.3 is 5.97 Å². The first-order valence-electron chi connectivity index (χ1n) is 8.26. The molecule has 1 aliphatic heterocycles. The number of ether oxygens (including phenoxy) is 2. The highest BCUT2D eigenvalue weighted by atomic mass is 16.5. The number of nitrogens with one attached hydrogen (secondary N) is 1. The molecule has 0 aliphatic carbocycles. The van der Waals surface area contributed by atoms with Gasteiger partial charge in [0, 0.05) is 26.3 Å². The van der Waals surface area contributed by atoms with Crippen LogP contribution in [0, 0.1) is 5.92 Å². The molecule has 1 fully saturated rings. The van der Waals surface area contributed by atoms with E-state index >= 15 is 0 Å². The number of hydrogen-bond donors (Lipinski definition) is 1. The molecule has 0 radical (unpaired) electrons. The molecule has 1 atom stereocenters. The van der Waals surface area contributed by atoms with Crippen molar-refractivity contribution in [1.29, 1.82) is 0 Å². The third kappa shape index (κ3) is 4.71. The SMILES string of the molecule is CCOC(=O)C1CCCN(C(=O)CNC(=O)c2cn(C)nc2OC)C1. The largest absolute Gasteiger partial charge is 0.479 e. The van der Waals surface area contributed by atoms with E-state index in [0.717, 1.165) is 6.42 Å². The molecule has 1 unspecified atom stereocenters. The molecule has 1 saturated heterocycles. The molecule has 0 saturated carbocycles. The highest BCUT2D eigenvalue weighted by molar-refractivity contribution is 5.98. The van der Waals surface area contributed by atoms with Gasteiger partial charge in [-0.25, -0.2) is 0 Å². The number of piperidine rings is 1. The summed E-state index contributed by atoms with van der Waals surface area (Å²) < 4.78 is 11.5. The van der Waals surface area contributed by atoms with E-state index in [1.54, 1.807) is 18.9 Å². The number of hydrogen-bond acceptors (Lipinski definition) is 6. The molecule has 0 aromatic carbocycles. The summed E-state index contributed by atoms with van der Waals surface area (Å²) in [7, 11) is 3.10. The summed E-state index contributed by atoms with van der Waals surface area (Å²) in [6.07, 6.45) is 2.97. The number of rotatable bonds is 6. The smallest absolute Gasteiger partial charge is 0.310 e. The fourth-order valence-corrected chi connectivity index (χ4v) is 2.79. The van der Waals surface area contributed by atoms with Gasteiger partial charge in [-0.15, -0.1) is 5.10 Å². The van der Waals surface area contributed by atoms with E-state index in [4.69, 9.17) is 9.47 Å².